The number of aromatic nitrogens is 2. The molecule has 0 unspecified atom stereocenters. The van der Waals surface area contributed by atoms with Crippen molar-refractivity contribution in [3.05, 3.63) is 76.5 Å². The molecule has 2 nitrogen and oxygen atoms in total. The molecule has 2 heteroatoms. The summed E-state index contributed by atoms with van der Waals surface area (Å²) in [5.41, 5.74) is 10.0. The van der Waals surface area contributed by atoms with Gasteiger partial charge in [-0.2, -0.15) is 5.10 Å². The van der Waals surface area contributed by atoms with E-state index in [9.17, 15) is 0 Å². The molecule has 0 bridgehead atoms. The molecular weight excluding hydrogens is 292 g/mol. The van der Waals surface area contributed by atoms with Crippen molar-refractivity contribution in [1.29, 1.82) is 0 Å². The fourth-order valence-electron chi connectivity index (χ4n) is 3.31. The third kappa shape index (κ3) is 2.58. The molecule has 1 aliphatic carbocycles. The van der Waals surface area contributed by atoms with Crippen LogP contribution in [0.25, 0.3) is 23.0 Å². The highest BCUT2D eigenvalue weighted by Crippen LogP contribution is 2.34. The highest BCUT2D eigenvalue weighted by Gasteiger charge is 2.21. The molecule has 0 saturated heterocycles. The van der Waals surface area contributed by atoms with Gasteiger partial charge in [0.25, 0.3) is 0 Å². The van der Waals surface area contributed by atoms with E-state index in [0.717, 1.165) is 24.2 Å². The SMILES string of the molecule is CC1=Cc2c(c(-c3ccc(C)cc3)nn2-c2ccc(C)cc2)CC1. The predicted octanol–water partition coefficient (Wildman–Crippen LogP) is 5.51. The quantitative estimate of drug-likeness (QED) is 0.610. The summed E-state index contributed by atoms with van der Waals surface area (Å²) < 4.78 is 2.10. The lowest BCUT2D eigenvalue weighted by Crippen LogP contribution is -2.03. The Labute approximate surface area is 143 Å². The average Bonchev–Trinajstić information content (AvgIpc) is 2.95. The lowest BCUT2D eigenvalue weighted by Gasteiger charge is -2.13. The van der Waals surface area contributed by atoms with Gasteiger partial charge in [-0.25, -0.2) is 4.68 Å². The van der Waals surface area contributed by atoms with Gasteiger partial charge >= 0.3 is 0 Å². The zero-order valence-electron chi connectivity index (χ0n) is 14.5. The van der Waals surface area contributed by atoms with Crippen LogP contribution in [0, 0.1) is 13.8 Å². The molecule has 1 heterocycles. The van der Waals surface area contributed by atoms with E-state index in [1.165, 1.54) is 33.5 Å². The number of allylic oxidation sites excluding steroid dienone is 1. The number of benzene rings is 2. The van der Waals surface area contributed by atoms with Crippen molar-refractivity contribution in [3.63, 3.8) is 0 Å². The summed E-state index contributed by atoms with van der Waals surface area (Å²) in [7, 11) is 0. The first-order valence-electron chi connectivity index (χ1n) is 8.55. The second-order valence-electron chi connectivity index (χ2n) is 6.82. The summed E-state index contributed by atoms with van der Waals surface area (Å²) >= 11 is 0. The molecule has 0 radical (unpaired) electrons. The van der Waals surface area contributed by atoms with Crippen LogP contribution in [0.3, 0.4) is 0 Å². The zero-order chi connectivity index (χ0) is 16.7. The summed E-state index contributed by atoms with van der Waals surface area (Å²) in [6.07, 6.45) is 4.47. The maximum absolute atomic E-state index is 5.00. The van der Waals surface area contributed by atoms with Gasteiger partial charge in [-0.05, 0) is 51.8 Å². The maximum atomic E-state index is 5.00. The van der Waals surface area contributed by atoms with Crippen LogP contribution < -0.4 is 0 Å². The Balaban J connectivity index is 1.92. The van der Waals surface area contributed by atoms with Gasteiger partial charge in [-0.15, -0.1) is 0 Å². The summed E-state index contributed by atoms with van der Waals surface area (Å²) in [4.78, 5) is 0. The molecule has 2 aromatic carbocycles. The van der Waals surface area contributed by atoms with Crippen molar-refractivity contribution in [2.24, 2.45) is 0 Å². The van der Waals surface area contributed by atoms with Crippen LogP contribution in [-0.2, 0) is 6.42 Å². The lowest BCUT2D eigenvalue weighted by molar-refractivity contribution is 0.858. The van der Waals surface area contributed by atoms with Crippen LogP contribution in [0.4, 0.5) is 0 Å². The van der Waals surface area contributed by atoms with Crippen molar-refractivity contribution in [3.8, 4) is 16.9 Å². The number of aryl methyl sites for hydroxylation is 2. The molecule has 0 saturated carbocycles. The third-order valence-corrected chi connectivity index (χ3v) is 4.78. The Morgan fingerprint density at radius 2 is 1.42 bits per heavy atom. The second-order valence-corrected chi connectivity index (χ2v) is 6.82. The molecule has 120 valence electrons. The first-order chi connectivity index (χ1) is 11.6. The van der Waals surface area contributed by atoms with Gasteiger partial charge in [-0.3, -0.25) is 0 Å². The van der Waals surface area contributed by atoms with Crippen LogP contribution in [0.15, 0.2) is 54.1 Å². The van der Waals surface area contributed by atoms with Gasteiger partial charge in [0, 0.05) is 11.1 Å². The van der Waals surface area contributed by atoms with Gasteiger partial charge in [0.15, 0.2) is 0 Å². The molecule has 0 aliphatic heterocycles. The van der Waals surface area contributed by atoms with Gasteiger partial charge in [0.05, 0.1) is 17.1 Å². The third-order valence-electron chi connectivity index (χ3n) is 4.78. The summed E-state index contributed by atoms with van der Waals surface area (Å²) in [6.45, 7) is 6.45. The molecule has 3 aromatic rings. The standard InChI is InChI=1S/C22H22N2/c1-15-4-9-18(10-5-15)22-20-13-8-17(3)14-21(20)24(23-22)19-11-6-16(2)7-12-19/h4-7,9-12,14H,8,13H2,1-3H3. The molecule has 0 fully saturated rings. The number of rotatable bonds is 2. The van der Waals surface area contributed by atoms with Crippen LogP contribution in [-0.4, -0.2) is 9.78 Å². The van der Waals surface area contributed by atoms with E-state index in [4.69, 9.17) is 5.10 Å². The summed E-state index contributed by atoms with van der Waals surface area (Å²) in [6, 6.07) is 17.3. The monoisotopic (exact) mass is 314 g/mol. The summed E-state index contributed by atoms with van der Waals surface area (Å²) in [5.74, 6) is 0. The maximum Gasteiger partial charge on any atom is 0.0966 e. The highest BCUT2D eigenvalue weighted by molar-refractivity contribution is 5.72. The minimum Gasteiger partial charge on any atom is -0.233 e. The van der Waals surface area contributed by atoms with Gasteiger partial charge in [-0.1, -0.05) is 53.1 Å². The van der Waals surface area contributed by atoms with E-state index in [2.05, 4.69) is 80.1 Å². The first kappa shape index (κ1) is 14.9. The number of nitrogens with zero attached hydrogens (tertiary/aromatic N) is 2. The molecule has 4 rings (SSSR count). The number of hydrogen-bond donors (Lipinski definition) is 0. The molecule has 1 aliphatic rings. The molecule has 1 aromatic heterocycles. The molecule has 24 heavy (non-hydrogen) atoms. The lowest BCUT2D eigenvalue weighted by atomic mass is 9.94. The van der Waals surface area contributed by atoms with E-state index in [-0.39, 0.29) is 0 Å². The number of hydrogen-bond acceptors (Lipinski definition) is 1. The smallest absolute Gasteiger partial charge is 0.0966 e. The van der Waals surface area contributed by atoms with Crippen molar-refractivity contribution in [2.75, 3.05) is 0 Å². The van der Waals surface area contributed by atoms with E-state index < -0.39 is 0 Å². The molecule has 0 N–H and O–H groups in total. The largest absolute Gasteiger partial charge is 0.233 e. The van der Waals surface area contributed by atoms with Crippen molar-refractivity contribution in [1.82, 2.24) is 9.78 Å². The molecule has 0 amide bonds. The first-order valence-corrected chi connectivity index (χ1v) is 8.55. The Morgan fingerprint density at radius 1 is 0.792 bits per heavy atom. The Bertz CT molecular complexity index is 910. The highest BCUT2D eigenvalue weighted by atomic mass is 15.3. The van der Waals surface area contributed by atoms with Gasteiger partial charge in [0.2, 0.25) is 0 Å². The number of fused-ring (bicyclic) bond motifs is 1. The zero-order valence-corrected chi connectivity index (χ0v) is 14.5. The molecular formula is C22H22N2. The normalized spacial score (nSPS) is 13.5. The fraction of sp³-hybridized carbons (Fsp3) is 0.227. The van der Waals surface area contributed by atoms with Crippen molar-refractivity contribution < 1.29 is 0 Å². The second kappa shape index (κ2) is 5.79. The average molecular weight is 314 g/mol. The van der Waals surface area contributed by atoms with Crippen molar-refractivity contribution in [2.45, 2.75) is 33.6 Å². The minimum atomic E-state index is 1.06. The van der Waals surface area contributed by atoms with E-state index in [1.807, 2.05) is 0 Å². The van der Waals surface area contributed by atoms with E-state index in [0.29, 0.717) is 0 Å². The minimum absolute atomic E-state index is 1.06. The van der Waals surface area contributed by atoms with E-state index >= 15 is 0 Å². The van der Waals surface area contributed by atoms with Gasteiger partial charge in [0.1, 0.15) is 0 Å². The van der Waals surface area contributed by atoms with Crippen LogP contribution in [0.2, 0.25) is 0 Å². The Kier molecular flexibility index (Phi) is 3.61. The molecule has 0 spiro atoms. The fourth-order valence-corrected chi connectivity index (χ4v) is 3.31. The van der Waals surface area contributed by atoms with Gasteiger partial charge < -0.3 is 0 Å². The Morgan fingerprint density at radius 3 is 2.08 bits per heavy atom. The van der Waals surface area contributed by atoms with Crippen LogP contribution in [0.1, 0.15) is 35.7 Å². The Hall–Kier alpha value is -2.61. The van der Waals surface area contributed by atoms with E-state index in [1.54, 1.807) is 0 Å². The topological polar surface area (TPSA) is 17.8 Å². The van der Waals surface area contributed by atoms with Crippen LogP contribution in [0.5, 0.6) is 0 Å². The van der Waals surface area contributed by atoms with Crippen molar-refractivity contribution >= 4 is 6.08 Å². The predicted molar refractivity (Wildman–Crippen MR) is 100 cm³/mol. The summed E-state index contributed by atoms with van der Waals surface area (Å²) in [5, 5.41) is 5.00. The van der Waals surface area contributed by atoms with Crippen LogP contribution >= 0.6 is 0 Å². The molecule has 0 atom stereocenters.